The van der Waals surface area contributed by atoms with Crippen molar-refractivity contribution in [3.05, 3.63) is 70.5 Å². The third kappa shape index (κ3) is 4.54. The van der Waals surface area contributed by atoms with Crippen LogP contribution in [-0.2, 0) is 0 Å². The van der Waals surface area contributed by atoms with E-state index < -0.39 is 0 Å². The second-order valence-corrected chi connectivity index (χ2v) is 9.54. The van der Waals surface area contributed by atoms with Crippen LogP contribution in [0.1, 0.15) is 24.4 Å². The minimum atomic E-state index is -0.346. The lowest BCUT2D eigenvalue weighted by molar-refractivity contribution is 0.263. The number of hydrogen-bond acceptors (Lipinski definition) is 8. The van der Waals surface area contributed by atoms with Crippen molar-refractivity contribution >= 4 is 33.3 Å². The highest BCUT2D eigenvalue weighted by molar-refractivity contribution is 7.21. The fraction of sp³-hybridized carbons (Fsp3) is 0.320. The molecule has 0 spiro atoms. The summed E-state index contributed by atoms with van der Waals surface area (Å²) in [6, 6.07) is 17.4. The molecular weight excluding hydrogens is 448 g/mol. The zero-order valence-electron chi connectivity index (χ0n) is 19.0. The molecule has 0 saturated carbocycles. The fourth-order valence-electron chi connectivity index (χ4n) is 4.35. The van der Waals surface area contributed by atoms with Crippen LogP contribution in [0, 0.1) is 0 Å². The number of fused-ring (bicyclic) bond motifs is 1. The first kappa shape index (κ1) is 22.5. The number of para-hydroxylation sites is 1. The van der Waals surface area contributed by atoms with Gasteiger partial charge in [-0.25, -0.2) is 4.98 Å². The number of thiazole rings is 1. The van der Waals surface area contributed by atoms with Crippen LogP contribution in [0.2, 0.25) is 0 Å². The van der Waals surface area contributed by atoms with Crippen LogP contribution in [0.5, 0.6) is 0 Å². The summed E-state index contributed by atoms with van der Waals surface area (Å²) >= 11 is 1.48. The molecule has 1 aliphatic rings. The number of rotatable bonds is 7. The average molecular weight is 477 g/mol. The van der Waals surface area contributed by atoms with E-state index in [1.165, 1.54) is 11.3 Å². The number of aliphatic hydroxyl groups excluding tert-OH is 1. The Morgan fingerprint density at radius 2 is 1.97 bits per heavy atom. The number of nitrogens with one attached hydrogen (secondary N) is 3. The van der Waals surface area contributed by atoms with Crippen LogP contribution < -0.4 is 21.1 Å². The number of H-pyrrole nitrogens is 1. The lowest BCUT2D eigenvalue weighted by Crippen LogP contribution is -2.39. The maximum atomic E-state index is 13.5. The standard InChI is InChI=1S/C25H28N6O2S/c1-31(19(15-32)16-8-3-2-4-9-16)25-29-22(27-17-10-7-13-26-14-17)21(23(33)30-25)24-28-18-11-5-6-12-20(18)34-24/h2-6,8-9,11-12,17,19,26,32H,7,10,13-15H2,1H3,(H2,27,29,30,33)/t17-,19?/m1/s1. The molecule has 2 aromatic carbocycles. The van der Waals surface area contributed by atoms with Gasteiger partial charge in [0.25, 0.3) is 5.56 Å². The first-order chi connectivity index (χ1) is 16.6. The summed E-state index contributed by atoms with van der Waals surface area (Å²) in [5, 5.41) is 17.7. The number of hydrogen-bond donors (Lipinski definition) is 4. The van der Waals surface area contributed by atoms with E-state index in [4.69, 9.17) is 9.97 Å². The normalized spacial score (nSPS) is 16.9. The first-order valence-corrected chi connectivity index (χ1v) is 12.3. The molecule has 1 unspecified atom stereocenters. The quantitative estimate of drug-likeness (QED) is 0.324. The largest absolute Gasteiger partial charge is 0.394 e. The lowest BCUT2D eigenvalue weighted by atomic mass is 10.1. The summed E-state index contributed by atoms with van der Waals surface area (Å²) in [5.41, 5.74) is 1.99. The summed E-state index contributed by atoms with van der Waals surface area (Å²) in [4.78, 5) is 27.8. The molecular formula is C25H28N6O2S. The summed E-state index contributed by atoms with van der Waals surface area (Å²) in [7, 11) is 1.83. The number of aliphatic hydroxyl groups is 1. The Kier molecular flexibility index (Phi) is 6.57. The zero-order chi connectivity index (χ0) is 23.5. The Hall–Kier alpha value is -3.27. The predicted octanol–water partition coefficient (Wildman–Crippen LogP) is 3.38. The minimum absolute atomic E-state index is 0.112. The fourth-order valence-corrected chi connectivity index (χ4v) is 5.36. The molecule has 2 atom stereocenters. The summed E-state index contributed by atoms with van der Waals surface area (Å²) in [5.74, 6) is 0.909. The molecule has 0 amide bonds. The molecule has 9 heteroatoms. The van der Waals surface area contributed by atoms with Crippen molar-refractivity contribution in [2.45, 2.75) is 24.9 Å². The summed E-state index contributed by atoms with van der Waals surface area (Å²) < 4.78 is 1.02. The van der Waals surface area contributed by atoms with Gasteiger partial charge in [0.15, 0.2) is 0 Å². The zero-order valence-corrected chi connectivity index (χ0v) is 19.8. The van der Waals surface area contributed by atoms with E-state index in [0.717, 1.165) is 41.7 Å². The third-order valence-corrected chi connectivity index (χ3v) is 7.27. The predicted molar refractivity (Wildman–Crippen MR) is 138 cm³/mol. The van der Waals surface area contributed by atoms with Crippen LogP contribution in [-0.4, -0.2) is 52.8 Å². The van der Waals surface area contributed by atoms with Crippen LogP contribution in [0.4, 0.5) is 11.8 Å². The van der Waals surface area contributed by atoms with Gasteiger partial charge in [-0.15, -0.1) is 11.3 Å². The number of benzene rings is 2. The molecule has 176 valence electrons. The van der Waals surface area contributed by atoms with Crippen LogP contribution in [0.25, 0.3) is 20.8 Å². The first-order valence-electron chi connectivity index (χ1n) is 11.5. The van der Waals surface area contributed by atoms with Crippen molar-refractivity contribution in [1.82, 2.24) is 20.3 Å². The topological polar surface area (TPSA) is 106 Å². The maximum absolute atomic E-state index is 13.5. The number of aromatic nitrogens is 3. The number of anilines is 2. The van der Waals surface area contributed by atoms with Crippen molar-refractivity contribution in [1.29, 1.82) is 0 Å². The van der Waals surface area contributed by atoms with Gasteiger partial charge in [0.2, 0.25) is 5.95 Å². The number of piperidine rings is 1. The van der Waals surface area contributed by atoms with Gasteiger partial charge in [0, 0.05) is 19.6 Å². The number of aromatic amines is 1. The molecule has 0 bridgehead atoms. The highest BCUT2D eigenvalue weighted by Crippen LogP contribution is 2.33. The molecule has 5 rings (SSSR count). The lowest BCUT2D eigenvalue weighted by Gasteiger charge is -2.29. The van der Waals surface area contributed by atoms with Crippen molar-refractivity contribution in [2.24, 2.45) is 0 Å². The van der Waals surface area contributed by atoms with Crippen molar-refractivity contribution in [3.8, 4) is 10.6 Å². The van der Waals surface area contributed by atoms with Gasteiger partial charge < -0.3 is 20.6 Å². The van der Waals surface area contributed by atoms with Gasteiger partial charge in [-0.3, -0.25) is 9.78 Å². The Bertz CT molecular complexity index is 1280. The summed E-state index contributed by atoms with van der Waals surface area (Å²) in [6.45, 7) is 1.69. The number of likely N-dealkylation sites (N-methyl/N-ethyl adjacent to an activating group) is 1. The van der Waals surface area contributed by atoms with E-state index in [-0.39, 0.29) is 24.2 Å². The second-order valence-electron chi connectivity index (χ2n) is 8.51. The monoisotopic (exact) mass is 476 g/mol. The molecule has 1 fully saturated rings. The molecule has 34 heavy (non-hydrogen) atoms. The van der Waals surface area contributed by atoms with Gasteiger partial charge in [-0.05, 0) is 37.1 Å². The minimum Gasteiger partial charge on any atom is -0.394 e. The van der Waals surface area contributed by atoms with E-state index in [2.05, 4.69) is 15.6 Å². The molecule has 8 nitrogen and oxygen atoms in total. The molecule has 0 radical (unpaired) electrons. The molecule has 4 aromatic rings. The Balaban J connectivity index is 1.58. The second kappa shape index (κ2) is 9.92. The van der Waals surface area contributed by atoms with Crippen LogP contribution in [0.15, 0.2) is 59.4 Å². The molecule has 4 N–H and O–H groups in total. The van der Waals surface area contributed by atoms with E-state index in [9.17, 15) is 9.90 Å². The average Bonchev–Trinajstić information content (AvgIpc) is 3.29. The highest BCUT2D eigenvalue weighted by Gasteiger charge is 2.24. The molecule has 1 aliphatic heterocycles. The van der Waals surface area contributed by atoms with Crippen LogP contribution in [0.3, 0.4) is 0 Å². The molecule has 1 saturated heterocycles. The Morgan fingerprint density at radius 1 is 1.18 bits per heavy atom. The van der Waals surface area contributed by atoms with Gasteiger partial charge in [0.1, 0.15) is 16.4 Å². The van der Waals surface area contributed by atoms with E-state index >= 15 is 0 Å². The van der Waals surface area contributed by atoms with Crippen molar-refractivity contribution in [2.75, 3.05) is 37.0 Å². The van der Waals surface area contributed by atoms with Gasteiger partial charge in [0.05, 0.1) is 22.9 Å². The molecule has 0 aliphatic carbocycles. The Morgan fingerprint density at radius 3 is 2.71 bits per heavy atom. The van der Waals surface area contributed by atoms with Crippen molar-refractivity contribution < 1.29 is 5.11 Å². The molecule has 3 heterocycles. The number of nitrogens with zero attached hydrogens (tertiary/aromatic N) is 3. The third-order valence-electron chi connectivity index (χ3n) is 6.21. The smallest absolute Gasteiger partial charge is 0.264 e. The van der Waals surface area contributed by atoms with Gasteiger partial charge in [-0.2, -0.15) is 4.98 Å². The SMILES string of the molecule is CN(c1nc(N[C@@H]2CCCNC2)c(-c2nc3ccccc3s2)c(=O)[nH]1)C(CO)c1ccccc1. The highest BCUT2D eigenvalue weighted by atomic mass is 32.1. The van der Waals surface area contributed by atoms with Gasteiger partial charge >= 0.3 is 0 Å². The van der Waals surface area contributed by atoms with E-state index in [1.54, 1.807) is 0 Å². The maximum Gasteiger partial charge on any atom is 0.264 e. The Labute approximate surface area is 201 Å². The van der Waals surface area contributed by atoms with Gasteiger partial charge in [-0.1, -0.05) is 42.5 Å². The van der Waals surface area contributed by atoms with Crippen LogP contribution >= 0.6 is 11.3 Å². The van der Waals surface area contributed by atoms with E-state index in [1.807, 2.05) is 66.5 Å². The van der Waals surface area contributed by atoms with E-state index in [0.29, 0.717) is 22.3 Å². The van der Waals surface area contributed by atoms with Crippen molar-refractivity contribution in [3.63, 3.8) is 0 Å². The molecule has 2 aromatic heterocycles. The summed E-state index contributed by atoms with van der Waals surface area (Å²) in [6.07, 6.45) is 2.06.